The van der Waals surface area contributed by atoms with Crippen LogP contribution in [0.3, 0.4) is 0 Å². The highest BCUT2D eigenvalue weighted by Gasteiger charge is 2.26. The molecule has 2 saturated heterocycles. The van der Waals surface area contributed by atoms with E-state index in [-0.39, 0.29) is 16.8 Å². The Hall–Kier alpha value is -1.13. The van der Waals surface area contributed by atoms with Crippen LogP contribution in [0.2, 0.25) is 0 Å². The molecular formula is C18H27N3O4S2. The van der Waals surface area contributed by atoms with E-state index in [2.05, 4.69) is 9.62 Å². The first-order valence-electron chi connectivity index (χ1n) is 9.16. The van der Waals surface area contributed by atoms with Gasteiger partial charge in [0.1, 0.15) is 0 Å². The Morgan fingerprint density at radius 2 is 1.85 bits per heavy atom. The smallest absolute Gasteiger partial charge is 0.255 e. The van der Waals surface area contributed by atoms with E-state index >= 15 is 0 Å². The van der Waals surface area contributed by atoms with Gasteiger partial charge in [0, 0.05) is 24.0 Å². The Morgan fingerprint density at radius 1 is 1.19 bits per heavy atom. The molecule has 0 saturated carbocycles. The summed E-state index contributed by atoms with van der Waals surface area (Å²) >= 11 is 1.44. The number of likely N-dealkylation sites (tertiary alicyclic amines) is 1. The molecule has 1 amide bonds. The Kier molecular flexibility index (Phi) is 6.80. The van der Waals surface area contributed by atoms with Crippen LogP contribution in [0.1, 0.15) is 23.2 Å². The first kappa shape index (κ1) is 20.6. The summed E-state index contributed by atoms with van der Waals surface area (Å²) < 4.78 is 33.8. The van der Waals surface area contributed by atoms with Crippen LogP contribution in [0.5, 0.6) is 0 Å². The van der Waals surface area contributed by atoms with Gasteiger partial charge < -0.3 is 14.5 Å². The van der Waals surface area contributed by atoms with Crippen molar-refractivity contribution in [3.63, 3.8) is 0 Å². The summed E-state index contributed by atoms with van der Waals surface area (Å²) in [7, 11) is -1.63. The molecule has 150 valence electrons. The predicted molar refractivity (Wildman–Crippen MR) is 106 cm³/mol. The normalized spacial score (nSPS) is 20.0. The number of benzene rings is 1. The fourth-order valence-electron chi connectivity index (χ4n) is 3.37. The van der Waals surface area contributed by atoms with Crippen molar-refractivity contribution in [1.82, 2.24) is 14.5 Å². The lowest BCUT2D eigenvalue weighted by molar-refractivity contribution is 0.0300. The molecule has 1 N–H and O–H groups in total. The molecule has 2 aliphatic rings. The van der Waals surface area contributed by atoms with Crippen LogP contribution in [-0.4, -0.2) is 82.9 Å². The minimum Gasteiger partial charge on any atom is -0.378 e. The Balaban J connectivity index is 1.82. The highest BCUT2D eigenvalue weighted by Crippen LogP contribution is 2.26. The number of hydrogen-bond acceptors (Lipinski definition) is 6. The third-order valence-corrected chi connectivity index (χ3v) is 7.36. The molecule has 1 aromatic carbocycles. The number of sulfonamides is 1. The zero-order valence-corrected chi connectivity index (χ0v) is 17.4. The Bertz CT molecular complexity index is 771. The lowest BCUT2D eigenvalue weighted by Gasteiger charge is -2.29. The van der Waals surface area contributed by atoms with Crippen LogP contribution in [0.4, 0.5) is 0 Å². The molecule has 2 fully saturated rings. The van der Waals surface area contributed by atoms with Crippen LogP contribution < -0.4 is 4.72 Å². The van der Waals surface area contributed by atoms with Crippen LogP contribution in [-0.2, 0) is 14.8 Å². The summed E-state index contributed by atoms with van der Waals surface area (Å²) in [5, 5.41) is 0. The first-order chi connectivity index (χ1) is 12.9. The summed E-state index contributed by atoms with van der Waals surface area (Å²) in [5.74, 6) is -0.140. The molecular weight excluding hydrogens is 386 g/mol. The molecule has 1 aromatic rings. The largest absolute Gasteiger partial charge is 0.378 e. The van der Waals surface area contributed by atoms with Gasteiger partial charge in [0.2, 0.25) is 10.0 Å². The number of nitrogens with zero attached hydrogens (tertiary/aromatic N) is 2. The van der Waals surface area contributed by atoms with Gasteiger partial charge in [0.15, 0.2) is 0 Å². The van der Waals surface area contributed by atoms with E-state index in [0.717, 1.165) is 30.8 Å². The number of piperidine rings is 1. The number of thioether (sulfide) groups is 1. The summed E-state index contributed by atoms with van der Waals surface area (Å²) in [6.07, 6.45) is 3.47. The summed E-state index contributed by atoms with van der Waals surface area (Å²) in [6, 6.07) is 4.76. The average molecular weight is 414 g/mol. The molecule has 0 atom stereocenters. The van der Waals surface area contributed by atoms with E-state index in [1.165, 1.54) is 17.8 Å². The van der Waals surface area contributed by atoms with Crippen LogP contribution in [0.15, 0.2) is 28.0 Å². The quantitative estimate of drug-likeness (QED) is 0.732. The maximum Gasteiger partial charge on any atom is 0.255 e. The van der Waals surface area contributed by atoms with Crippen molar-refractivity contribution < 1.29 is 17.9 Å². The maximum atomic E-state index is 12.9. The number of carbonyl (C=O) groups is 1. The van der Waals surface area contributed by atoms with Crippen LogP contribution in [0.25, 0.3) is 0 Å². The molecule has 0 bridgehead atoms. The van der Waals surface area contributed by atoms with Crippen molar-refractivity contribution in [1.29, 1.82) is 0 Å². The van der Waals surface area contributed by atoms with Crippen molar-refractivity contribution >= 4 is 27.7 Å². The summed E-state index contributed by atoms with van der Waals surface area (Å²) in [6.45, 7) is 3.82. The number of carbonyl (C=O) groups excluding carboxylic acids is 1. The number of amides is 1. The van der Waals surface area contributed by atoms with Crippen molar-refractivity contribution in [2.45, 2.75) is 28.7 Å². The molecule has 3 rings (SSSR count). The van der Waals surface area contributed by atoms with Gasteiger partial charge in [0.05, 0.1) is 23.7 Å². The fraction of sp³-hybridized carbons (Fsp3) is 0.611. The van der Waals surface area contributed by atoms with Gasteiger partial charge in [-0.3, -0.25) is 4.79 Å². The molecule has 0 aliphatic carbocycles. The molecule has 0 aromatic heterocycles. The number of rotatable bonds is 5. The SMILES string of the molecule is CSc1ccc(S(=O)(=O)NC2CCN(C)CC2)cc1C(=O)N1CCOCC1. The highest BCUT2D eigenvalue weighted by atomic mass is 32.2. The van der Waals surface area contributed by atoms with Gasteiger partial charge in [-0.2, -0.15) is 0 Å². The first-order valence-corrected chi connectivity index (χ1v) is 11.9. The molecule has 0 unspecified atom stereocenters. The van der Waals surface area contributed by atoms with E-state index in [1.807, 2.05) is 13.3 Å². The average Bonchev–Trinajstić information content (AvgIpc) is 2.69. The number of nitrogens with one attached hydrogen (secondary N) is 1. The van der Waals surface area contributed by atoms with Crippen molar-refractivity contribution in [2.24, 2.45) is 0 Å². The minimum absolute atomic E-state index is 0.0650. The molecule has 27 heavy (non-hydrogen) atoms. The third-order valence-electron chi connectivity index (χ3n) is 5.05. The zero-order chi connectivity index (χ0) is 19.4. The monoisotopic (exact) mass is 413 g/mol. The van der Waals surface area contributed by atoms with Crippen LogP contribution in [0, 0.1) is 0 Å². The lowest BCUT2D eigenvalue weighted by Crippen LogP contribution is -2.43. The van der Waals surface area contributed by atoms with E-state index < -0.39 is 10.0 Å². The van der Waals surface area contributed by atoms with Gasteiger partial charge in [-0.05, 0) is 57.4 Å². The zero-order valence-electron chi connectivity index (χ0n) is 15.8. The summed E-state index contributed by atoms with van der Waals surface area (Å²) in [5.41, 5.74) is 0.440. The second kappa shape index (κ2) is 8.91. The molecule has 2 heterocycles. The standard InChI is InChI=1S/C18H27N3O4S2/c1-20-7-5-14(6-8-20)19-27(23,24)15-3-4-17(26-2)16(13-15)18(22)21-9-11-25-12-10-21/h3-4,13-14,19H,5-12H2,1-2H3. The third kappa shape index (κ3) is 5.03. The molecule has 0 radical (unpaired) electrons. The van der Waals surface area contributed by atoms with Gasteiger partial charge in [-0.1, -0.05) is 0 Å². The van der Waals surface area contributed by atoms with E-state index in [1.54, 1.807) is 17.0 Å². The summed E-state index contributed by atoms with van der Waals surface area (Å²) in [4.78, 5) is 17.8. The molecule has 0 spiro atoms. The number of morpholine rings is 1. The fourth-order valence-corrected chi connectivity index (χ4v) is 5.27. The predicted octanol–water partition coefficient (Wildman–Crippen LogP) is 1.25. The van der Waals surface area contributed by atoms with Gasteiger partial charge in [-0.15, -0.1) is 11.8 Å². The van der Waals surface area contributed by atoms with Crippen molar-refractivity contribution in [3.8, 4) is 0 Å². The number of hydrogen-bond donors (Lipinski definition) is 1. The Labute approximate surface area is 165 Å². The van der Waals surface area contributed by atoms with Gasteiger partial charge in [0.25, 0.3) is 5.91 Å². The maximum absolute atomic E-state index is 12.9. The van der Waals surface area contributed by atoms with Crippen molar-refractivity contribution in [2.75, 3.05) is 52.7 Å². The van der Waals surface area contributed by atoms with Crippen LogP contribution >= 0.6 is 11.8 Å². The van der Waals surface area contributed by atoms with E-state index in [9.17, 15) is 13.2 Å². The molecule has 7 nitrogen and oxygen atoms in total. The highest BCUT2D eigenvalue weighted by molar-refractivity contribution is 7.98. The van der Waals surface area contributed by atoms with E-state index in [4.69, 9.17) is 4.74 Å². The number of ether oxygens (including phenoxy) is 1. The lowest BCUT2D eigenvalue weighted by atomic mass is 10.1. The van der Waals surface area contributed by atoms with E-state index in [0.29, 0.717) is 31.9 Å². The topological polar surface area (TPSA) is 79.0 Å². The molecule has 2 aliphatic heterocycles. The van der Waals surface area contributed by atoms with Gasteiger partial charge in [-0.25, -0.2) is 13.1 Å². The minimum atomic E-state index is -3.66. The van der Waals surface area contributed by atoms with Gasteiger partial charge >= 0.3 is 0 Å². The molecule has 9 heteroatoms. The second-order valence-electron chi connectivity index (χ2n) is 6.97. The Morgan fingerprint density at radius 3 is 2.48 bits per heavy atom. The van der Waals surface area contributed by atoms with Crippen molar-refractivity contribution in [3.05, 3.63) is 23.8 Å². The second-order valence-corrected chi connectivity index (χ2v) is 9.53.